The Balaban J connectivity index is 0.00000192. The van der Waals surface area contributed by atoms with Gasteiger partial charge in [-0.1, -0.05) is 24.3 Å². The lowest BCUT2D eigenvalue weighted by molar-refractivity contribution is -0.0395. The molecule has 22 heavy (non-hydrogen) atoms. The van der Waals surface area contributed by atoms with Gasteiger partial charge in [0, 0.05) is 1.43 Å². The van der Waals surface area contributed by atoms with Crippen molar-refractivity contribution in [3.05, 3.63) is 47.8 Å². The second-order valence-electron chi connectivity index (χ2n) is 6.91. The highest BCUT2D eigenvalue weighted by Gasteiger charge is 2.31. The smallest absolute Gasteiger partial charge is 0.123 e. The average Bonchev–Trinajstić information content (AvgIpc) is 2.57. The SMILES string of the molecule is C/C=C/C1CCC(C2CCC(c3ccc(F)cc3)OC2)CC1.[HH]. The Morgan fingerprint density at radius 2 is 1.68 bits per heavy atom. The number of allylic oxidation sites excluding steroid dienone is 2. The molecule has 0 bridgehead atoms. The van der Waals surface area contributed by atoms with E-state index in [0.29, 0.717) is 0 Å². The molecule has 1 saturated carbocycles. The summed E-state index contributed by atoms with van der Waals surface area (Å²) in [6.07, 6.45) is 12.4. The van der Waals surface area contributed by atoms with Gasteiger partial charge in [-0.25, -0.2) is 4.39 Å². The van der Waals surface area contributed by atoms with E-state index < -0.39 is 0 Å². The molecule has 122 valence electrons. The van der Waals surface area contributed by atoms with Crippen molar-refractivity contribution in [2.75, 3.05) is 6.61 Å². The van der Waals surface area contributed by atoms with Crippen LogP contribution in [0.1, 0.15) is 58.5 Å². The van der Waals surface area contributed by atoms with E-state index in [1.807, 2.05) is 12.1 Å². The number of ether oxygens (including phenoxy) is 1. The zero-order chi connectivity index (χ0) is 15.4. The fourth-order valence-corrected chi connectivity index (χ4v) is 4.16. The third kappa shape index (κ3) is 3.78. The van der Waals surface area contributed by atoms with Gasteiger partial charge in [-0.15, -0.1) is 0 Å². The van der Waals surface area contributed by atoms with Crippen molar-refractivity contribution in [3.63, 3.8) is 0 Å². The van der Waals surface area contributed by atoms with Crippen LogP contribution < -0.4 is 0 Å². The highest BCUT2D eigenvalue weighted by molar-refractivity contribution is 5.19. The van der Waals surface area contributed by atoms with E-state index in [9.17, 15) is 4.39 Å². The molecule has 1 aliphatic heterocycles. The van der Waals surface area contributed by atoms with Crippen molar-refractivity contribution < 1.29 is 10.6 Å². The van der Waals surface area contributed by atoms with Gasteiger partial charge in [0.15, 0.2) is 0 Å². The lowest BCUT2D eigenvalue weighted by Gasteiger charge is -2.37. The zero-order valence-corrected chi connectivity index (χ0v) is 13.5. The summed E-state index contributed by atoms with van der Waals surface area (Å²) in [6, 6.07) is 6.80. The summed E-state index contributed by atoms with van der Waals surface area (Å²) in [5.41, 5.74) is 1.12. The van der Waals surface area contributed by atoms with Crippen LogP contribution in [0.25, 0.3) is 0 Å². The van der Waals surface area contributed by atoms with Crippen molar-refractivity contribution in [1.29, 1.82) is 0 Å². The van der Waals surface area contributed by atoms with Gasteiger partial charge in [0.2, 0.25) is 0 Å². The molecule has 0 spiro atoms. The maximum atomic E-state index is 13.0. The lowest BCUT2D eigenvalue weighted by Crippen LogP contribution is -2.29. The molecular formula is C20H29FO. The van der Waals surface area contributed by atoms with Crippen molar-refractivity contribution in [2.45, 2.75) is 51.6 Å². The van der Waals surface area contributed by atoms with Gasteiger partial charge in [-0.05, 0) is 80.9 Å². The number of benzene rings is 1. The number of hydrogen-bond donors (Lipinski definition) is 0. The fraction of sp³-hybridized carbons (Fsp3) is 0.600. The van der Waals surface area contributed by atoms with E-state index in [0.717, 1.165) is 36.3 Å². The van der Waals surface area contributed by atoms with Crippen molar-refractivity contribution in [1.82, 2.24) is 0 Å². The predicted molar refractivity (Wildman–Crippen MR) is 90.2 cm³/mol. The molecule has 1 saturated heterocycles. The van der Waals surface area contributed by atoms with E-state index in [4.69, 9.17) is 4.74 Å². The predicted octanol–water partition coefficient (Wildman–Crippen LogP) is 5.92. The van der Waals surface area contributed by atoms with E-state index in [1.165, 1.54) is 44.2 Å². The summed E-state index contributed by atoms with van der Waals surface area (Å²) >= 11 is 0. The standard InChI is InChI=1S/C20H27FO.H2/c1-2-3-15-4-6-16(7-5-15)18-10-13-20(22-14-18)17-8-11-19(21)12-9-17;/h2-3,8-9,11-12,15-16,18,20H,4-7,10,13-14H2,1H3;1H/b3-2+;. The molecule has 0 amide bonds. The molecule has 3 rings (SSSR count). The molecule has 0 radical (unpaired) electrons. The highest BCUT2D eigenvalue weighted by Crippen LogP contribution is 2.40. The van der Waals surface area contributed by atoms with E-state index in [-0.39, 0.29) is 13.3 Å². The number of rotatable bonds is 3. The van der Waals surface area contributed by atoms with Crippen LogP contribution in [-0.2, 0) is 4.74 Å². The molecule has 2 fully saturated rings. The summed E-state index contributed by atoms with van der Waals surface area (Å²) in [7, 11) is 0. The monoisotopic (exact) mass is 304 g/mol. The minimum Gasteiger partial charge on any atom is -0.373 e. The molecule has 2 heteroatoms. The van der Waals surface area contributed by atoms with E-state index >= 15 is 0 Å². The summed E-state index contributed by atoms with van der Waals surface area (Å²) in [6.45, 7) is 3.00. The first kappa shape index (κ1) is 15.7. The summed E-state index contributed by atoms with van der Waals surface area (Å²) in [5.74, 6) is 2.20. The molecule has 1 aromatic rings. The molecule has 0 aromatic heterocycles. The van der Waals surface area contributed by atoms with Crippen LogP contribution >= 0.6 is 0 Å². The van der Waals surface area contributed by atoms with Crippen LogP contribution in [0, 0.1) is 23.6 Å². The molecule has 0 N–H and O–H groups in total. The second-order valence-corrected chi connectivity index (χ2v) is 6.91. The average molecular weight is 304 g/mol. The molecule has 1 nitrogen and oxygen atoms in total. The Morgan fingerprint density at radius 3 is 2.27 bits per heavy atom. The molecule has 1 aromatic carbocycles. The molecule has 1 heterocycles. The zero-order valence-electron chi connectivity index (χ0n) is 13.5. The third-order valence-electron chi connectivity index (χ3n) is 5.50. The van der Waals surface area contributed by atoms with E-state index in [1.54, 1.807) is 0 Å². The summed E-state index contributed by atoms with van der Waals surface area (Å²) in [5, 5.41) is 0. The topological polar surface area (TPSA) is 9.23 Å². The molecule has 2 atom stereocenters. The second kappa shape index (κ2) is 7.41. The van der Waals surface area contributed by atoms with Crippen LogP contribution in [0.5, 0.6) is 0 Å². The van der Waals surface area contributed by atoms with Gasteiger partial charge < -0.3 is 4.74 Å². The first-order chi connectivity index (χ1) is 10.8. The van der Waals surface area contributed by atoms with Gasteiger partial charge in [-0.3, -0.25) is 0 Å². The van der Waals surface area contributed by atoms with Crippen LogP contribution in [0.2, 0.25) is 0 Å². The van der Waals surface area contributed by atoms with Crippen molar-refractivity contribution >= 4 is 0 Å². The van der Waals surface area contributed by atoms with Gasteiger partial charge in [-0.2, -0.15) is 0 Å². The lowest BCUT2D eigenvalue weighted by atomic mass is 9.73. The van der Waals surface area contributed by atoms with Crippen LogP contribution in [0.15, 0.2) is 36.4 Å². The Bertz CT molecular complexity index is 483. The minimum absolute atomic E-state index is 0. The molecule has 2 unspecified atom stereocenters. The Kier molecular flexibility index (Phi) is 5.30. The van der Waals surface area contributed by atoms with Gasteiger partial charge in [0.25, 0.3) is 0 Å². The Hall–Kier alpha value is -1.15. The van der Waals surface area contributed by atoms with Gasteiger partial charge in [0.05, 0.1) is 12.7 Å². The Morgan fingerprint density at radius 1 is 1.00 bits per heavy atom. The Labute approximate surface area is 135 Å². The first-order valence-electron chi connectivity index (χ1n) is 8.76. The fourth-order valence-electron chi connectivity index (χ4n) is 4.16. The number of hydrogen-bond acceptors (Lipinski definition) is 1. The number of halogens is 1. The highest BCUT2D eigenvalue weighted by atomic mass is 19.1. The molecule has 1 aliphatic carbocycles. The van der Waals surface area contributed by atoms with Crippen LogP contribution in [0.3, 0.4) is 0 Å². The molecule has 2 aliphatic rings. The summed E-state index contributed by atoms with van der Waals surface area (Å²) in [4.78, 5) is 0. The summed E-state index contributed by atoms with van der Waals surface area (Å²) < 4.78 is 19.1. The van der Waals surface area contributed by atoms with Crippen LogP contribution in [-0.4, -0.2) is 6.61 Å². The quantitative estimate of drug-likeness (QED) is 0.630. The first-order valence-corrected chi connectivity index (χ1v) is 8.76. The maximum Gasteiger partial charge on any atom is 0.123 e. The third-order valence-corrected chi connectivity index (χ3v) is 5.50. The normalized spacial score (nSPS) is 33.2. The van der Waals surface area contributed by atoms with Crippen molar-refractivity contribution in [3.8, 4) is 0 Å². The molecular weight excluding hydrogens is 275 g/mol. The van der Waals surface area contributed by atoms with Gasteiger partial charge in [0.1, 0.15) is 5.82 Å². The van der Waals surface area contributed by atoms with Crippen molar-refractivity contribution in [2.24, 2.45) is 17.8 Å². The van der Waals surface area contributed by atoms with E-state index in [2.05, 4.69) is 19.1 Å². The van der Waals surface area contributed by atoms with Gasteiger partial charge >= 0.3 is 0 Å². The van der Waals surface area contributed by atoms with Crippen LogP contribution in [0.4, 0.5) is 4.39 Å². The minimum atomic E-state index is -0.171. The largest absolute Gasteiger partial charge is 0.373 e. The maximum absolute atomic E-state index is 13.0.